The first-order valence-corrected chi connectivity index (χ1v) is 8.57. The molecule has 0 bridgehead atoms. The highest BCUT2D eigenvalue weighted by atomic mass is 19.1. The van der Waals surface area contributed by atoms with Gasteiger partial charge in [0, 0.05) is 11.6 Å². The van der Waals surface area contributed by atoms with Crippen LogP contribution in [0.15, 0.2) is 12.1 Å². The van der Waals surface area contributed by atoms with E-state index in [9.17, 15) is 4.39 Å². The largest absolute Gasteiger partial charge is 0.489 e. The summed E-state index contributed by atoms with van der Waals surface area (Å²) in [7, 11) is 0. The molecule has 0 radical (unpaired) electrons. The van der Waals surface area contributed by atoms with Crippen molar-refractivity contribution in [3.8, 4) is 5.75 Å². The second-order valence-corrected chi connectivity index (χ2v) is 6.61. The van der Waals surface area contributed by atoms with E-state index in [1.54, 1.807) is 6.07 Å². The summed E-state index contributed by atoms with van der Waals surface area (Å²) in [5.74, 6) is 2.15. The summed E-state index contributed by atoms with van der Waals surface area (Å²) in [6.07, 6.45) is 10.7. The SMILES string of the molecule is CCOc1ccc(C2CCC(C3CCCC3)CC2)nc1F. The van der Waals surface area contributed by atoms with E-state index in [1.165, 1.54) is 51.4 Å². The van der Waals surface area contributed by atoms with E-state index < -0.39 is 5.95 Å². The monoisotopic (exact) mass is 291 g/mol. The number of nitrogens with zero attached hydrogens (tertiary/aromatic N) is 1. The average Bonchev–Trinajstić information content (AvgIpc) is 3.04. The van der Waals surface area contributed by atoms with E-state index in [4.69, 9.17) is 4.74 Å². The molecule has 0 atom stereocenters. The van der Waals surface area contributed by atoms with Crippen molar-refractivity contribution < 1.29 is 9.13 Å². The van der Waals surface area contributed by atoms with Crippen molar-refractivity contribution in [3.05, 3.63) is 23.8 Å². The molecule has 0 N–H and O–H groups in total. The first kappa shape index (κ1) is 14.8. The average molecular weight is 291 g/mol. The van der Waals surface area contributed by atoms with E-state index in [0.29, 0.717) is 12.5 Å². The van der Waals surface area contributed by atoms with Crippen LogP contribution in [0.2, 0.25) is 0 Å². The van der Waals surface area contributed by atoms with Gasteiger partial charge in [-0.2, -0.15) is 4.39 Å². The smallest absolute Gasteiger partial charge is 0.255 e. The molecule has 0 saturated heterocycles. The lowest BCUT2D eigenvalue weighted by atomic mass is 9.74. The maximum Gasteiger partial charge on any atom is 0.255 e. The molecule has 3 rings (SSSR count). The Morgan fingerprint density at radius 3 is 2.33 bits per heavy atom. The molecule has 116 valence electrons. The molecular weight excluding hydrogens is 265 g/mol. The van der Waals surface area contributed by atoms with Crippen molar-refractivity contribution in [2.75, 3.05) is 6.61 Å². The zero-order chi connectivity index (χ0) is 14.7. The number of ether oxygens (including phenoxy) is 1. The van der Waals surface area contributed by atoms with Crippen LogP contribution in [0.25, 0.3) is 0 Å². The second-order valence-electron chi connectivity index (χ2n) is 6.61. The van der Waals surface area contributed by atoms with E-state index in [0.717, 1.165) is 17.5 Å². The molecule has 1 aromatic rings. The molecule has 0 spiro atoms. The standard InChI is InChI=1S/C18H26FNO/c1-2-21-17-12-11-16(20-18(17)19)15-9-7-14(8-10-15)13-5-3-4-6-13/h11-15H,2-10H2,1H3. The summed E-state index contributed by atoms with van der Waals surface area (Å²) in [6.45, 7) is 2.34. The molecule has 0 aliphatic heterocycles. The topological polar surface area (TPSA) is 22.1 Å². The van der Waals surface area contributed by atoms with E-state index in [2.05, 4.69) is 4.98 Å². The maximum atomic E-state index is 13.9. The van der Waals surface area contributed by atoms with Gasteiger partial charge in [-0.25, -0.2) is 4.98 Å². The van der Waals surface area contributed by atoms with Gasteiger partial charge in [-0.1, -0.05) is 25.7 Å². The van der Waals surface area contributed by atoms with Crippen LogP contribution in [0.5, 0.6) is 5.75 Å². The lowest BCUT2D eigenvalue weighted by Crippen LogP contribution is -2.20. The minimum Gasteiger partial charge on any atom is -0.489 e. The van der Waals surface area contributed by atoms with Crippen LogP contribution < -0.4 is 4.74 Å². The summed E-state index contributed by atoms with van der Waals surface area (Å²) >= 11 is 0. The summed E-state index contributed by atoms with van der Waals surface area (Å²) in [4.78, 5) is 4.15. The molecule has 2 nitrogen and oxygen atoms in total. The number of pyridine rings is 1. The maximum absolute atomic E-state index is 13.9. The van der Waals surface area contributed by atoms with Gasteiger partial charge < -0.3 is 4.74 Å². The molecule has 0 aromatic carbocycles. The number of aromatic nitrogens is 1. The van der Waals surface area contributed by atoms with Crippen molar-refractivity contribution in [1.82, 2.24) is 4.98 Å². The Labute approximate surface area is 127 Å². The first-order chi connectivity index (χ1) is 10.3. The molecule has 2 saturated carbocycles. The van der Waals surface area contributed by atoms with E-state index in [-0.39, 0.29) is 5.75 Å². The molecule has 2 aliphatic rings. The first-order valence-electron chi connectivity index (χ1n) is 8.57. The van der Waals surface area contributed by atoms with Crippen LogP contribution in [-0.2, 0) is 0 Å². The van der Waals surface area contributed by atoms with Gasteiger partial charge in [-0.15, -0.1) is 0 Å². The predicted molar refractivity (Wildman–Crippen MR) is 82.0 cm³/mol. The van der Waals surface area contributed by atoms with Gasteiger partial charge in [0.25, 0.3) is 5.95 Å². The highest BCUT2D eigenvalue weighted by Crippen LogP contribution is 2.43. The van der Waals surface area contributed by atoms with Crippen molar-refractivity contribution in [2.45, 2.75) is 64.2 Å². The molecule has 3 heteroatoms. The van der Waals surface area contributed by atoms with Crippen LogP contribution in [0.3, 0.4) is 0 Å². The Morgan fingerprint density at radius 1 is 1.05 bits per heavy atom. The number of rotatable bonds is 4. The minimum absolute atomic E-state index is 0.279. The zero-order valence-corrected chi connectivity index (χ0v) is 13.0. The van der Waals surface area contributed by atoms with Gasteiger partial charge in [0.1, 0.15) is 0 Å². The van der Waals surface area contributed by atoms with Crippen molar-refractivity contribution >= 4 is 0 Å². The molecular formula is C18H26FNO. The van der Waals surface area contributed by atoms with Crippen LogP contribution in [0.1, 0.15) is 69.9 Å². The molecule has 2 fully saturated rings. The van der Waals surface area contributed by atoms with E-state index in [1.807, 2.05) is 13.0 Å². The molecule has 21 heavy (non-hydrogen) atoms. The fourth-order valence-electron chi connectivity index (χ4n) is 4.24. The van der Waals surface area contributed by atoms with Crippen molar-refractivity contribution in [3.63, 3.8) is 0 Å². The normalized spacial score (nSPS) is 27.0. The number of hydrogen-bond donors (Lipinski definition) is 0. The van der Waals surface area contributed by atoms with Crippen molar-refractivity contribution in [1.29, 1.82) is 0 Å². The van der Waals surface area contributed by atoms with Gasteiger partial charge in [0.2, 0.25) is 0 Å². The number of halogens is 1. The molecule has 2 aliphatic carbocycles. The van der Waals surface area contributed by atoms with Gasteiger partial charge in [-0.3, -0.25) is 0 Å². The molecule has 0 amide bonds. The quantitative estimate of drug-likeness (QED) is 0.721. The Bertz CT molecular complexity index is 462. The lowest BCUT2D eigenvalue weighted by molar-refractivity contribution is 0.232. The highest BCUT2D eigenvalue weighted by Gasteiger charge is 2.30. The Balaban J connectivity index is 1.59. The molecule has 0 unspecified atom stereocenters. The second kappa shape index (κ2) is 6.76. The molecule has 1 aromatic heterocycles. The summed E-state index contributed by atoms with van der Waals surface area (Å²) in [6, 6.07) is 3.69. The minimum atomic E-state index is -0.452. The predicted octanol–water partition coefficient (Wildman–Crippen LogP) is 5.08. The van der Waals surface area contributed by atoms with Gasteiger partial charge in [0.15, 0.2) is 5.75 Å². The van der Waals surface area contributed by atoms with E-state index >= 15 is 0 Å². The summed E-state index contributed by atoms with van der Waals surface area (Å²) < 4.78 is 19.1. The van der Waals surface area contributed by atoms with Crippen LogP contribution in [0.4, 0.5) is 4.39 Å². The Morgan fingerprint density at radius 2 is 1.71 bits per heavy atom. The highest BCUT2D eigenvalue weighted by molar-refractivity contribution is 5.23. The summed E-state index contributed by atoms with van der Waals surface area (Å²) in [5, 5.41) is 0. The lowest BCUT2D eigenvalue weighted by Gasteiger charge is -2.32. The van der Waals surface area contributed by atoms with Gasteiger partial charge in [-0.05, 0) is 56.6 Å². The van der Waals surface area contributed by atoms with Crippen LogP contribution in [0, 0.1) is 17.8 Å². The fourth-order valence-corrected chi connectivity index (χ4v) is 4.24. The zero-order valence-electron chi connectivity index (χ0n) is 13.0. The number of hydrogen-bond acceptors (Lipinski definition) is 2. The molecule has 1 heterocycles. The van der Waals surface area contributed by atoms with Crippen LogP contribution in [-0.4, -0.2) is 11.6 Å². The van der Waals surface area contributed by atoms with Gasteiger partial charge >= 0.3 is 0 Å². The third-order valence-electron chi connectivity index (χ3n) is 5.39. The summed E-state index contributed by atoms with van der Waals surface area (Å²) in [5.41, 5.74) is 0.917. The van der Waals surface area contributed by atoms with Crippen LogP contribution >= 0.6 is 0 Å². The Hall–Kier alpha value is -1.12. The Kier molecular flexibility index (Phi) is 4.77. The third kappa shape index (κ3) is 3.38. The third-order valence-corrected chi connectivity index (χ3v) is 5.39. The van der Waals surface area contributed by atoms with Gasteiger partial charge in [0.05, 0.1) is 6.61 Å². The van der Waals surface area contributed by atoms with Crippen molar-refractivity contribution in [2.24, 2.45) is 11.8 Å². The fraction of sp³-hybridized carbons (Fsp3) is 0.722.